The zero-order chi connectivity index (χ0) is 55.9. The number of hydrogen-bond donors (Lipinski definition) is 2. The van der Waals surface area contributed by atoms with Gasteiger partial charge in [0.15, 0.2) is 17.0 Å². The molecule has 0 aliphatic heterocycles. The van der Waals surface area contributed by atoms with Crippen molar-refractivity contribution >= 4 is 40.4 Å². The number of fused-ring (bicyclic) bond motifs is 2. The van der Waals surface area contributed by atoms with Gasteiger partial charge in [-0.3, -0.25) is 33.3 Å². The van der Waals surface area contributed by atoms with Gasteiger partial charge in [0.1, 0.15) is 51.3 Å². The number of rotatable bonds is 18. The van der Waals surface area contributed by atoms with Crippen molar-refractivity contribution < 1.29 is 50.9 Å². The lowest BCUT2D eigenvalue weighted by atomic mass is 10.1. The topological polar surface area (TPSA) is 233 Å². The van der Waals surface area contributed by atoms with Crippen LogP contribution in [0.5, 0.6) is 34.5 Å². The Morgan fingerprint density at radius 2 is 1.10 bits per heavy atom. The number of anilines is 2. The number of alkyl halides is 4. The molecule has 7 aromatic heterocycles. The van der Waals surface area contributed by atoms with Crippen molar-refractivity contribution in [2.45, 2.75) is 19.8 Å². The Balaban J connectivity index is 0.000000196. The molecule has 0 bridgehead atoms. The largest absolute Gasteiger partial charge is 0.457 e. The molecule has 7 heterocycles. The van der Waals surface area contributed by atoms with E-state index in [1.807, 2.05) is 30.1 Å². The highest BCUT2D eigenvalue weighted by Crippen LogP contribution is 2.40. The van der Waals surface area contributed by atoms with Gasteiger partial charge in [0.25, 0.3) is 11.8 Å². The van der Waals surface area contributed by atoms with Crippen molar-refractivity contribution in [3.05, 3.63) is 151 Å². The van der Waals surface area contributed by atoms with E-state index in [-0.39, 0.29) is 69.0 Å². The molecule has 0 saturated carbocycles. The number of halogens is 4. The van der Waals surface area contributed by atoms with Crippen LogP contribution in [0.25, 0.3) is 33.8 Å². The van der Waals surface area contributed by atoms with Crippen LogP contribution < -0.4 is 29.6 Å². The smallest absolute Gasteiger partial charge is 0.387 e. The van der Waals surface area contributed by atoms with Crippen LogP contribution in [0.4, 0.5) is 28.9 Å². The van der Waals surface area contributed by atoms with Gasteiger partial charge in [-0.15, -0.1) is 0 Å². The normalized spacial score (nSPS) is 11.3. The fourth-order valence-electron chi connectivity index (χ4n) is 8.00. The van der Waals surface area contributed by atoms with Gasteiger partial charge in [-0.1, -0.05) is 12.1 Å². The molecule has 2 N–H and O–H groups in total. The van der Waals surface area contributed by atoms with Crippen molar-refractivity contribution in [1.82, 2.24) is 68.3 Å². The lowest BCUT2D eigenvalue weighted by Crippen LogP contribution is -2.34. The van der Waals surface area contributed by atoms with Crippen LogP contribution in [0.2, 0.25) is 0 Å². The van der Waals surface area contributed by atoms with Crippen molar-refractivity contribution in [2.24, 2.45) is 21.1 Å². The minimum absolute atomic E-state index is 0.0149. The van der Waals surface area contributed by atoms with Gasteiger partial charge in [-0.25, -0.2) is 19.0 Å². The standard InChI is InChI=1S/C30H30F2N8O4.C22H18F2N8O3/c1-37(2)26(41)18-38(3)16-19-7-5-8-20(13-19)43-21-9-10-25(44-30(31)32)22(14-21)27-24(17-39(4)36-27)35-29(42)23-15-34-40-12-6-11-33-28(23)40;1-30-11-14(9-26-30)34-13-4-5-18(35-22(23)24)15(8-13)19-17(12-31(2)29-19)28-21(33)16-10-27-32-7-3-6-25-20(16)32/h5-15,17,30H,16,18H2,1-4H3,(H,35,42);3-12,22H,1-2H3,(H,28,33). The molecule has 0 unspecified atom stereocenters. The zero-order valence-corrected chi connectivity index (χ0v) is 42.9. The molecule has 0 fully saturated rings. The van der Waals surface area contributed by atoms with Crippen molar-refractivity contribution in [3.8, 4) is 57.0 Å². The molecule has 10 aromatic rings. The highest BCUT2D eigenvalue weighted by atomic mass is 19.3. The second-order valence-corrected chi connectivity index (χ2v) is 17.7. The highest BCUT2D eigenvalue weighted by Gasteiger charge is 2.25. The average molecular weight is 1090 g/mol. The van der Waals surface area contributed by atoms with E-state index in [1.165, 1.54) is 78.3 Å². The molecule has 406 valence electrons. The SMILES string of the molecule is CN(CC(=O)N(C)C)Cc1cccc(Oc2ccc(OC(F)F)c(-c3nn(C)cc3NC(=O)c3cnn4cccnc34)c2)c1.Cn1cc(Oc2ccc(OC(F)F)c(-c3nn(C)cc3NC(=O)c3cnn4cccnc34)c2)cn1. The summed E-state index contributed by atoms with van der Waals surface area (Å²) in [5.74, 6) is 0.311. The molecule has 23 nitrogen and oxygen atoms in total. The van der Waals surface area contributed by atoms with Gasteiger partial charge < -0.3 is 34.5 Å². The third-order valence-corrected chi connectivity index (χ3v) is 11.5. The number of hydrogen-bond acceptors (Lipinski definition) is 15. The Labute approximate surface area is 446 Å². The molecule has 0 aliphatic rings. The summed E-state index contributed by atoms with van der Waals surface area (Å²) in [6.45, 7) is -5.41. The number of aromatic nitrogens is 12. The molecule has 79 heavy (non-hydrogen) atoms. The summed E-state index contributed by atoms with van der Waals surface area (Å²) >= 11 is 0. The molecule has 0 aliphatic carbocycles. The summed E-state index contributed by atoms with van der Waals surface area (Å²) in [6.07, 6.45) is 15.5. The Morgan fingerprint density at radius 1 is 0.595 bits per heavy atom. The fourth-order valence-corrected chi connectivity index (χ4v) is 8.00. The van der Waals surface area contributed by atoms with Crippen LogP contribution in [-0.4, -0.2) is 127 Å². The molecular weight excluding hydrogens is 1040 g/mol. The van der Waals surface area contributed by atoms with Crippen LogP contribution >= 0.6 is 0 Å². The molecular formula is C52H48F4N16O7. The summed E-state index contributed by atoms with van der Waals surface area (Å²) in [5, 5.41) is 26.6. The first-order valence-corrected chi connectivity index (χ1v) is 23.7. The van der Waals surface area contributed by atoms with E-state index in [2.05, 4.69) is 46.1 Å². The number of benzene rings is 3. The summed E-state index contributed by atoms with van der Waals surface area (Å²) in [5.41, 5.74) is 3.36. The first-order valence-electron chi connectivity index (χ1n) is 23.7. The zero-order valence-electron chi connectivity index (χ0n) is 42.9. The summed E-state index contributed by atoms with van der Waals surface area (Å²) in [7, 11) is 10.3. The molecule has 0 radical (unpaired) electrons. The average Bonchev–Trinajstić information content (AvgIpc) is 4.35. The third-order valence-electron chi connectivity index (χ3n) is 11.5. The number of carbonyl (C=O) groups excluding carboxylic acids is 3. The lowest BCUT2D eigenvalue weighted by Gasteiger charge is -2.19. The quantitative estimate of drug-likeness (QED) is 0.0781. The lowest BCUT2D eigenvalue weighted by molar-refractivity contribution is -0.129. The molecule has 10 rings (SSSR count). The van der Waals surface area contributed by atoms with Crippen LogP contribution in [0.3, 0.4) is 0 Å². The van der Waals surface area contributed by atoms with E-state index >= 15 is 0 Å². The van der Waals surface area contributed by atoms with Gasteiger partial charge >= 0.3 is 13.2 Å². The number of amides is 3. The van der Waals surface area contributed by atoms with Gasteiger partial charge in [-0.2, -0.15) is 43.1 Å². The van der Waals surface area contributed by atoms with Crippen LogP contribution in [-0.2, 0) is 32.5 Å². The van der Waals surface area contributed by atoms with Gasteiger partial charge in [0.2, 0.25) is 5.91 Å². The summed E-state index contributed by atoms with van der Waals surface area (Å²) < 4.78 is 81.9. The molecule has 3 amide bonds. The van der Waals surface area contributed by atoms with Crippen LogP contribution in [0.15, 0.2) is 135 Å². The third kappa shape index (κ3) is 12.9. The van der Waals surface area contributed by atoms with Crippen molar-refractivity contribution in [2.75, 3.05) is 38.3 Å². The predicted octanol–water partition coefficient (Wildman–Crippen LogP) is 7.81. The maximum atomic E-state index is 13.4. The Hall–Kier alpha value is -10.2. The van der Waals surface area contributed by atoms with Crippen LogP contribution in [0, 0.1) is 0 Å². The van der Waals surface area contributed by atoms with E-state index in [0.29, 0.717) is 40.8 Å². The Kier molecular flexibility index (Phi) is 15.9. The second kappa shape index (κ2) is 23.4. The number of carbonyl (C=O) groups is 3. The van der Waals surface area contributed by atoms with E-state index in [1.54, 1.807) is 101 Å². The first-order chi connectivity index (χ1) is 37.9. The summed E-state index contributed by atoms with van der Waals surface area (Å²) in [4.78, 5) is 50.1. The van der Waals surface area contributed by atoms with Crippen molar-refractivity contribution in [1.29, 1.82) is 0 Å². The summed E-state index contributed by atoms with van der Waals surface area (Å²) in [6, 6.07) is 19.4. The maximum absolute atomic E-state index is 13.4. The Morgan fingerprint density at radius 3 is 1.58 bits per heavy atom. The first kappa shape index (κ1) is 53.6. The predicted molar refractivity (Wildman–Crippen MR) is 277 cm³/mol. The van der Waals surface area contributed by atoms with Gasteiger partial charge in [0.05, 0.1) is 53.8 Å². The van der Waals surface area contributed by atoms with Gasteiger partial charge in [-0.05, 0) is 73.3 Å². The van der Waals surface area contributed by atoms with E-state index < -0.39 is 25.0 Å². The Bertz CT molecular complexity index is 3820. The number of aryl methyl sites for hydroxylation is 3. The maximum Gasteiger partial charge on any atom is 0.387 e. The van der Waals surface area contributed by atoms with E-state index in [4.69, 9.17) is 18.9 Å². The number of nitrogens with one attached hydrogen (secondary N) is 2. The molecule has 0 saturated heterocycles. The fraction of sp³-hybridized carbons (Fsp3) is 0.192. The molecule has 0 spiro atoms. The second-order valence-electron chi connectivity index (χ2n) is 17.7. The number of likely N-dealkylation sites (N-methyl/N-ethyl adjacent to an activating group) is 2. The minimum atomic E-state index is -3.10. The van der Waals surface area contributed by atoms with E-state index in [9.17, 15) is 31.9 Å². The number of nitrogens with zero attached hydrogens (tertiary/aromatic N) is 14. The van der Waals surface area contributed by atoms with Crippen molar-refractivity contribution in [3.63, 3.8) is 0 Å². The minimum Gasteiger partial charge on any atom is -0.457 e. The highest BCUT2D eigenvalue weighted by molar-refractivity contribution is 6.10. The molecule has 0 atom stereocenters. The van der Waals surface area contributed by atoms with Gasteiger partial charge in [0, 0.05) is 79.0 Å². The molecule has 3 aromatic carbocycles. The number of ether oxygens (including phenoxy) is 4. The van der Waals surface area contributed by atoms with E-state index in [0.717, 1.165) is 5.56 Å². The van der Waals surface area contributed by atoms with Crippen LogP contribution in [0.1, 0.15) is 26.3 Å². The monoisotopic (exact) mass is 1080 g/mol. The molecule has 27 heteroatoms.